The van der Waals surface area contributed by atoms with Gasteiger partial charge in [-0.3, -0.25) is 0 Å². The van der Waals surface area contributed by atoms with Crippen molar-refractivity contribution in [3.05, 3.63) is 23.8 Å². The summed E-state index contributed by atoms with van der Waals surface area (Å²) in [5.41, 5.74) is 1.24. The minimum atomic E-state index is 0.166. The standard InChI is InChI=1S/C14H21NO2/c1-10(2)17-13-7-4-11(8-14(13)16-3)9-15-12-5-6-12/h4,7-8,10,12,15H,5-6,9H2,1-3H3. The third-order valence-corrected chi connectivity index (χ3v) is 2.76. The molecular weight excluding hydrogens is 214 g/mol. The average Bonchev–Trinajstić information content (AvgIpc) is 3.11. The second kappa shape index (κ2) is 5.41. The second-order valence-corrected chi connectivity index (χ2v) is 4.81. The molecule has 0 aliphatic heterocycles. The quantitative estimate of drug-likeness (QED) is 0.822. The SMILES string of the molecule is COc1cc(CNC2CC2)ccc1OC(C)C. The Bertz CT molecular complexity index is 372. The maximum absolute atomic E-state index is 5.68. The van der Waals surface area contributed by atoms with E-state index < -0.39 is 0 Å². The molecule has 3 heteroatoms. The fourth-order valence-electron chi connectivity index (χ4n) is 1.72. The Kier molecular flexibility index (Phi) is 3.89. The van der Waals surface area contributed by atoms with E-state index in [-0.39, 0.29) is 6.10 Å². The van der Waals surface area contributed by atoms with E-state index >= 15 is 0 Å². The van der Waals surface area contributed by atoms with Crippen LogP contribution < -0.4 is 14.8 Å². The van der Waals surface area contributed by atoms with Gasteiger partial charge in [0.15, 0.2) is 11.5 Å². The maximum atomic E-state index is 5.68. The van der Waals surface area contributed by atoms with Crippen molar-refractivity contribution in [2.75, 3.05) is 7.11 Å². The van der Waals surface area contributed by atoms with Crippen LogP contribution in [-0.4, -0.2) is 19.3 Å². The number of rotatable bonds is 6. The number of hydrogen-bond acceptors (Lipinski definition) is 3. The molecule has 0 unspecified atom stereocenters. The molecule has 0 heterocycles. The van der Waals surface area contributed by atoms with Crippen LogP contribution in [0.2, 0.25) is 0 Å². The molecule has 0 saturated heterocycles. The van der Waals surface area contributed by atoms with Crippen LogP contribution in [0.15, 0.2) is 18.2 Å². The number of benzene rings is 1. The summed E-state index contributed by atoms with van der Waals surface area (Å²) in [6.07, 6.45) is 2.79. The summed E-state index contributed by atoms with van der Waals surface area (Å²) in [5.74, 6) is 1.63. The molecule has 1 aliphatic rings. The summed E-state index contributed by atoms with van der Waals surface area (Å²) in [4.78, 5) is 0. The van der Waals surface area contributed by atoms with Crippen LogP contribution in [0.4, 0.5) is 0 Å². The van der Waals surface area contributed by atoms with Gasteiger partial charge in [-0.25, -0.2) is 0 Å². The average molecular weight is 235 g/mol. The normalized spacial score (nSPS) is 15.1. The fourth-order valence-corrected chi connectivity index (χ4v) is 1.72. The minimum absolute atomic E-state index is 0.166. The van der Waals surface area contributed by atoms with Crippen LogP contribution in [-0.2, 0) is 6.54 Å². The van der Waals surface area contributed by atoms with Crippen molar-refractivity contribution < 1.29 is 9.47 Å². The molecule has 1 N–H and O–H groups in total. The third kappa shape index (κ3) is 3.63. The topological polar surface area (TPSA) is 30.5 Å². The van der Waals surface area contributed by atoms with Crippen LogP contribution in [0.1, 0.15) is 32.3 Å². The van der Waals surface area contributed by atoms with Crippen molar-refractivity contribution in [1.82, 2.24) is 5.32 Å². The first-order valence-electron chi connectivity index (χ1n) is 6.26. The van der Waals surface area contributed by atoms with Crippen molar-refractivity contribution in [2.24, 2.45) is 0 Å². The monoisotopic (exact) mass is 235 g/mol. The Morgan fingerprint density at radius 2 is 2.06 bits per heavy atom. The molecule has 0 radical (unpaired) electrons. The highest BCUT2D eigenvalue weighted by Crippen LogP contribution is 2.29. The Hall–Kier alpha value is -1.22. The Morgan fingerprint density at radius 3 is 2.65 bits per heavy atom. The van der Waals surface area contributed by atoms with Gasteiger partial charge < -0.3 is 14.8 Å². The van der Waals surface area contributed by atoms with Crippen molar-refractivity contribution in [3.63, 3.8) is 0 Å². The summed E-state index contributed by atoms with van der Waals surface area (Å²) in [5, 5.41) is 3.49. The maximum Gasteiger partial charge on any atom is 0.161 e. The van der Waals surface area contributed by atoms with Gasteiger partial charge in [0.2, 0.25) is 0 Å². The molecule has 0 amide bonds. The molecule has 1 aromatic rings. The van der Waals surface area contributed by atoms with Crippen LogP contribution >= 0.6 is 0 Å². The highest BCUT2D eigenvalue weighted by atomic mass is 16.5. The minimum Gasteiger partial charge on any atom is -0.493 e. The molecule has 3 nitrogen and oxygen atoms in total. The van der Waals surface area contributed by atoms with E-state index in [1.807, 2.05) is 26.0 Å². The first-order valence-corrected chi connectivity index (χ1v) is 6.26. The zero-order valence-corrected chi connectivity index (χ0v) is 10.8. The summed E-state index contributed by atoms with van der Waals surface area (Å²) in [6, 6.07) is 6.86. The fraction of sp³-hybridized carbons (Fsp3) is 0.571. The van der Waals surface area contributed by atoms with Crippen molar-refractivity contribution in [2.45, 2.75) is 45.4 Å². The highest BCUT2D eigenvalue weighted by molar-refractivity contribution is 5.43. The largest absolute Gasteiger partial charge is 0.493 e. The lowest BCUT2D eigenvalue weighted by molar-refractivity contribution is 0.230. The van der Waals surface area contributed by atoms with Gasteiger partial charge in [0.05, 0.1) is 13.2 Å². The van der Waals surface area contributed by atoms with Gasteiger partial charge in [0.1, 0.15) is 0 Å². The van der Waals surface area contributed by atoms with Crippen LogP contribution in [0.25, 0.3) is 0 Å². The molecule has 2 rings (SSSR count). The first-order chi connectivity index (χ1) is 8.19. The Morgan fingerprint density at radius 1 is 1.29 bits per heavy atom. The lowest BCUT2D eigenvalue weighted by Gasteiger charge is -2.14. The molecule has 0 bridgehead atoms. The van der Waals surface area contributed by atoms with Gasteiger partial charge in [-0.05, 0) is 44.4 Å². The number of ether oxygens (including phenoxy) is 2. The second-order valence-electron chi connectivity index (χ2n) is 4.81. The predicted octanol–water partition coefficient (Wildman–Crippen LogP) is 2.73. The summed E-state index contributed by atoms with van der Waals surface area (Å²) in [7, 11) is 1.68. The summed E-state index contributed by atoms with van der Waals surface area (Å²) >= 11 is 0. The summed E-state index contributed by atoms with van der Waals surface area (Å²) < 4.78 is 11.0. The summed E-state index contributed by atoms with van der Waals surface area (Å²) in [6.45, 7) is 4.94. The van der Waals surface area contributed by atoms with E-state index in [2.05, 4.69) is 11.4 Å². The van der Waals surface area contributed by atoms with E-state index in [9.17, 15) is 0 Å². The van der Waals surface area contributed by atoms with E-state index in [1.54, 1.807) is 7.11 Å². The van der Waals surface area contributed by atoms with Gasteiger partial charge in [-0.1, -0.05) is 6.07 Å². The highest BCUT2D eigenvalue weighted by Gasteiger charge is 2.20. The molecule has 0 aromatic heterocycles. The smallest absolute Gasteiger partial charge is 0.161 e. The van der Waals surface area contributed by atoms with E-state index in [0.29, 0.717) is 0 Å². The molecule has 94 valence electrons. The molecular formula is C14H21NO2. The third-order valence-electron chi connectivity index (χ3n) is 2.76. The molecule has 1 saturated carbocycles. The van der Waals surface area contributed by atoms with E-state index in [0.717, 1.165) is 24.1 Å². The van der Waals surface area contributed by atoms with Gasteiger partial charge in [0.25, 0.3) is 0 Å². The molecule has 1 fully saturated rings. The molecule has 17 heavy (non-hydrogen) atoms. The first kappa shape index (κ1) is 12.2. The van der Waals surface area contributed by atoms with E-state index in [4.69, 9.17) is 9.47 Å². The lowest BCUT2D eigenvalue weighted by Crippen LogP contribution is -2.15. The molecule has 0 spiro atoms. The zero-order valence-electron chi connectivity index (χ0n) is 10.8. The Balaban J connectivity index is 2.03. The van der Waals surface area contributed by atoms with Gasteiger partial charge >= 0.3 is 0 Å². The molecule has 1 aliphatic carbocycles. The van der Waals surface area contributed by atoms with Crippen LogP contribution in [0.5, 0.6) is 11.5 Å². The van der Waals surface area contributed by atoms with E-state index in [1.165, 1.54) is 18.4 Å². The van der Waals surface area contributed by atoms with Crippen molar-refractivity contribution in [1.29, 1.82) is 0 Å². The number of methoxy groups -OCH3 is 1. The van der Waals surface area contributed by atoms with Gasteiger partial charge in [-0.15, -0.1) is 0 Å². The number of nitrogens with one attached hydrogen (secondary N) is 1. The van der Waals surface area contributed by atoms with Gasteiger partial charge in [-0.2, -0.15) is 0 Å². The molecule has 1 aromatic carbocycles. The zero-order chi connectivity index (χ0) is 12.3. The number of hydrogen-bond donors (Lipinski definition) is 1. The lowest BCUT2D eigenvalue weighted by atomic mass is 10.2. The van der Waals surface area contributed by atoms with Crippen LogP contribution in [0.3, 0.4) is 0 Å². The predicted molar refractivity (Wildman–Crippen MR) is 68.6 cm³/mol. The molecule has 0 atom stereocenters. The van der Waals surface area contributed by atoms with Crippen molar-refractivity contribution in [3.8, 4) is 11.5 Å². The Labute approximate surface area is 103 Å². The van der Waals surface area contributed by atoms with Crippen LogP contribution in [0, 0.1) is 0 Å². The van der Waals surface area contributed by atoms with Crippen molar-refractivity contribution >= 4 is 0 Å². The van der Waals surface area contributed by atoms with Gasteiger partial charge in [0, 0.05) is 12.6 Å².